The minimum Gasteiger partial charge on any atom is -0.347 e. The molecule has 21 heavy (non-hydrogen) atoms. The predicted octanol–water partition coefficient (Wildman–Crippen LogP) is 2.57. The average molecular weight is 298 g/mol. The molecule has 0 atom stereocenters. The Morgan fingerprint density at radius 3 is 2.90 bits per heavy atom. The molecule has 3 heterocycles. The molecule has 0 fully saturated rings. The first-order chi connectivity index (χ1) is 10.2. The first-order valence-corrected chi connectivity index (χ1v) is 7.37. The number of nitrogens with one attached hydrogen (secondary N) is 1. The van der Waals surface area contributed by atoms with Crippen LogP contribution in [0.5, 0.6) is 0 Å². The number of aryl methyl sites for hydroxylation is 1. The molecule has 0 spiro atoms. The monoisotopic (exact) mass is 298 g/mol. The van der Waals surface area contributed by atoms with Gasteiger partial charge in [0.05, 0.1) is 12.1 Å². The molecular formula is C15H14N4OS. The van der Waals surface area contributed by atoms with E-state index < -0.39 is 0 Å². The molecule has 0 aliphatic carbocycles. The van der Waals surface area contributed by atoms with Gasteiger partial charge in [-0.05, 0) is 36.1 Å². The van der Waals surface area contributed by atoms with E-state index in [-0.39, 0.29) is 5.91 Å². The number of thiophene rings is 1. The number of aromatic nitrogens is 3. The molecular weight excluding hydrogens is 284 g/mol. The number of hydrogen-bond acceptors (Lipinski definition) is 4. The number of amides is 1. The quantitative estimate of drug-likeness (QED) is 0.805. The van der Waals surface area contributed by atoms with Crippen molar-refractivity contribution in [2.45, 2.75) is 13.5 Å². The Hall–Kier alpha value is -2.47. The van der Waals surface area contributed by atoms with Crippen LogP contribution in [0.25, 0.3) is 5.82 Å². The van der Waals surface area contributed by atoms with Crippen molar-refractivity contribution in [1.82, 2.24) is 19.9 Å². The normalized spacial score (nSPS) is 10.5. The second kappa shape index (κ2) is 5.88. The lowest BCUT2D eigenvalue weighted by atomic mass is 10.2. The second-order valence-electron chi connectivity index (χ2n) is 4.58. The zero-order valence-electron chi connectivity index (χ0n) is 11.5. The predicted molar refractivity (Wildman–Crippen MR) is 81.6 cm³/mol. The molecule has 6 heteroatoms. The van der Waals surface area contributed by atoms with E-state index in [0.717, 1.165) is 5.82 Å². The van der Waals surface area contributed by atoms with Gasteiger partial charge in [0.2, 0.25) is 0 Å². The maximum absolute atomic E-state index is 12.1. The van der Waals surface area contributed by atoms with Gasteiger partial charge in [0, 0.05) is 23.5 Å². The highest BCUT2D eigenvalue weighted by atomic mass is 32.1. The molecule has 0 radical (unpaired) electrons. The molecule has 0 aliphatic rings. The van der Waals surface area contributed by atoms with Gasteiger partial charge < -0.3 is 5.32 Å². The van der Waals surface area contributed by atoms with Crippen molar-refractivity contribution in [3.8, 4) is 5.82 Å². The molecule has 0 unspecified atom stereocenters. The van der Waals surface area contributed by atoms with Gasteiger partial charge in [-0.2, -0.15) is 0 Å². The summed E-state index contributed by atoms with van der Waals surface area (Å²) in [6, 6.07) is 5.61. The molecule has 0 bridgehead atoms. The lowest BCUT2D eigenvalue weighted by Crippen LogP contribution is -2.22. The number of imidazole rings is 1. The van der Waals surface area contributed by atoms with Gasteiger partial charge in [0.1, 0.15) is 12.1 Å². The standard InChI is InChI=1S/C15H14N4OS/c1-11-4-7-21-13(11)9-18-15(20)12-2-3-14(17-8-12)19-6-5-16-10-19/h2-8,10H,9H2,1H3,(H,18,20). The molecule has 0 saturated heterocycles. The Bertz CT molecular complexity index is 731. The van der Waals surface area contributed by atoms with Crippen LogP contribution in [0, 0.1) is 6.92 Å². The van der Waals surface area contributed by atoms with Crippen LogP contribution in [0.1, 0.15) is 20.8 Å². The van der Waals surface area contributed by atoms with Crippen LogP contribution in [-0.4, -0.2) is 20.4 Å². The van der Waals surface area contributed by atoms with Crippen LogP contribution in [0.15, 0.2) is 48.5 Å². The SMILES string of the molecule is Cc1ccsc1CNC(=O)c1ccc(-n2ccnc2)nc1. The smallest absolute Gasteiger partial charge is 0.253 e. The minimum absolute atomic E-state index is 0.118. The third kappa shape index (κ3) is 3.00. The highest BCUT2D eigenvalue weighted by Gasteiger charge is 2.08. The number of carbonyl (C=O) groups is 1. The van der Waals surface area contributed by atoms with E-state index in [1.807, 2.05) is 24.6 Å². The van der Waals surface area contributed by atoms with Crippen molar-refractivity contribution in [2.75, 3.05) is 0 Å². The van der Waals surface area contributed by atoms with Gasteiger partial charge in [-0.25, -0.2) is 9.97 Å². The average Bonchev–Trinajstić information content (AvgIpc) is 3.17. The summed E-state index contributed by atoms with van der Waals surface area (Å²) in [6.45, 7) is 2.59. The van der Waals surface area contributed by atoms with Crippen LogP contribution in [-0.2, 0) is 6.54 Å². The summed E-state index contributed by atoms with van der Waals surface area (Å²) in [6.07, 6.45) is 6.74. The maximum Gasteiger partial charge on any atom is 0.253 e. The third-order valence-electron chi connectivity index (χ3n) is 3.16. The van der Waals surface area contributed by atoms with Crippen LogP contribution in [0.2, 0.25) is 0 Å². The van der Waals surface area contributed by atoms with Crippen molar-refractivity contribution >= 4 is 17.2 Å². The summed E-state index contributed by atoms with van der Waals surface area (Å²) in [4.78, 5) is 21.5. The van der Waals surface area contributed by atoms with E-state index in [9.17, 15) is 4.79 Å². The molecule has 1 amide bonds. The fraction of sp³-hybridized carbons (Fsp3) is 0.133. The first kappa shape index (κ1) is 13.5. The molecule has 3 rings (SSSR count). The van der Waals surface area contributed by atoms with E-state index >= 15 is 0 Å². The lowest BCUT2D eigenvalue weighted by Gasteiger charge is -2.06. The topological polar surface area (TPSA) is 59.8 Å². The third-order valence-corrected chi connectivity index (χ3v) is 4.18. The molecule has 0 aliphatic heterocycles. The van der Waals surface area contributed by atoms with Gasteiger partial charge in [-0.15, -0.1) is 11.3 Å². The van der Waals surface area contributed by atoms with E-state index in [2.05, 4.69) is 15.3 Å². The van der Waals surface area contributed by atoms with Gasteiger partial charge in [0.25, 0.3) is 5.91 Å². The van der Waals surface area contributed by atoms with Gasteiger partial charge >= 0.3 is 0 Å². The largest absolute Gasteiger partial charge is 0.347 e. The molecule has 106 valence electrons. The Labute approximate surface area is 126 Å². The van der Waals surface area contributed by atoms with E-state index in [1.165, 1.54) is 10.4 Å². The van der Waals surface area contributed by atoms with E-state index in [4.69, 9.17) is 0 Å². The summed E-state index contributed by atoms with van der Waals surface area (Å²) in [5.74, 6) is 0.616. The summed E-state index contributed by atoms with van der Waals surface area (Å²) < 4.78 is 1.79. The Kier molecular flexibility index (Phi) is 3.79. The fourth-order valence-corrected chi connectivity index (χ4v) is 2.76. The molecule has 3 aromatic heterocycles. The Balaban J connectivity index is 1.66. The number of rotatable bonds is 4. The van der Waals surface area contributed by atoms with E-state index in [1.54, 1.807) is 46.8 Å². The van der Waals surface area contributed by atoms with Crippen LogP contribution < -0.4 is 5.32 Å². The van der Waals surface area contributed by atoms with Gasteiger partial charge in [0.15, 0.2) is 0 Å². The summed E-state index contributed by atoms with van der Waals surface area (Å²) >= 11 is 1.65. The first-order valence-electron chi connectivity index (χ1n) is 6.49. The van der Waals surface area contributed by atoms with Crippen molar-refractivity contribution in [3.05, 3.63) is 64.5 Å². The van der Waals surface area contributed by atoms with Crippen LogP contribution >= 0.6 is 11.3 Å². The fourth-order valence-electron chi connectivity index (χ4n) is 1.92. The Morgan fingerprint density at radius 2 is 2.29 bits per heavy atom. The second-order valence-corrected chi connectivity index (χ2v) is 5.59. The molecule has 1 N–H and O–H groups in total. The molecule has 5 nitrogen and oxygen atoms in total. The van der Waals surface area contributed by atoms with Crippen molar-refractivity contribution < 1.29 is 4.79 Å². The zero-order valence-corrected chi connectivity index (χ0v) is 12.3. The molecule has 3 aromatic rings. The summed E-state index contributed by atoms with van der Waals surface area (Å²) in [5.41, 5.74) is 1.75. The summed E-state index contributed by atoms with van der Waals surface area (Å²) in [5, 5.41) is 4.93. The summed E-state index contributed by atoms with van der Waals surface area (Å²) in [7, 11) is 0. The number of pyridine rings is 1. The number of hydrogen-bond donors (Lipinski definition) is 1. The molecule has 0 aromatic carbocycles. The Morgan fingerprint density at radius 1 is 1.38 bits per heavy atom. The van der Waals surface area contributed by atoms with Gasteiger partial charge in [-0.1, -0.05) is 0 Å². The van der Waals surface area contributed by atoms with Gasteiger partial charge in [-0.3, -0.25) is 9.36 Å². The van der Waals surface area contributed by atoms with Crippen LogP contribution in [0.3, 0.4) is 0 Å². The van der Waals surface area contributed by atoms with E-state index in [0.29, 0.717) is 12.1 Å². The number of nitrogens with zero attached hydrogens (tertiary/aromatic N) is 3. The maximum atomic E-state index is 12.1. The minimum atomic E-state index is -0.118. The highest BCUT2D eigenvalue weighted by Crippen LogP contribution is 2.15. The highest BCUT2D eigenvalue weighted by molar-refractivity contribution is 7.10. The molecule has 0 saturated carbocycles. The van der Waals surface area contributed by atoms with Crippen molar-refractivity contribution in [3.63, 3.8) is 0 Å². The van der Waals surface area contributed by atoms with Crippen molar-refractivity contribution in [1.29, 1.82) is 0 Å². The van der Waals surface area contributed by atoms with Crippen LogP contribution in [0.4, 0.5) is 0 Å². The number of carbonyl (C=O) groups excluding carboxylic acids is 1. The zero-order chi connectivity index (χ0) is 14.7. The van der Waals surface area contributed by atoms with Crippen molar-refractivity contribution in [2.24, 2.45) is 0 Å². The lowest BCUT2D eigenvalue weighted by molar-refractivity contribution is 0.0951.